The molecule has 2 aliphatic heterocycles. The highest BCUT2D eigenvalue weighted by molar-refractivity contribution is 5.84. The summed E-state index contributed by atoms with van der Waals surface area (Å²) in [5.74, 6) is 0.313. The van der Waals surface area contributed by atoms with Gasteiger partial charge in [0.15, 0.2) is 0 Å². The molecule has 2 fully saturated rings. The van der Waals surface area contributed by atoms with Crippen molar-refractivity contribution in [2.75, 3.05) is 46.4 Å². The van der Waals surface area contributed by atoms with E-state index in [9.17, 15) is 14.4 Å². The van der Waals surface area contributed by atoms with E-state index in [2.05, 4.69) is 0 Å². The molecule has 0 N–H and O–H groups in total. The second-order valence-electron chi connectivity index (χ2n) is 7.53. The van der Waals surface area contributed by atoms with Crippen molar-refractivity contribution in [3.05, 3.63) is 0 Å². The van der Waals surface area contributed by atoms with Gasteiger partial charge in [0.05, 0.1) is 12.5 Å². The van der Waals surface area contributed by atoms with Crippen LogP contribution in [0, 0.1) is 5.92 Å². The molecule has 7 heteroatoms. The molecule has 7 nitrogen and oxygen atoms in total. The van der Waals surface area contributed by atoms with Crippen LogP contribution >= 0.6 is 0 Å². The summed E-state index contributed by atoms with van der Waals surface area (Å²) in [6, 6.07) is 0.116. The number of methoxy groups -OCH3 is 1. The van der Waals surface area contributed by atoms with Crippen LogP contribution in [-0.4, -0.2) is 84.9 Å². The average Bonchev–Trinajstić information content (AvgIpc) is 3.01. The summed E-state index contributed by atoms with van der Waals surface area (Å²) in [6.45, 7) is 7.74. The van der Waals surface area contributed by atoms with Crippen LogP contribution in [0.5, 0.6) is 0 Å². The van der Waals surface area contributed by atoms with Crippen molar-refractivity contribution >= 4 is 17.7 Å². The summed E-state index contributed by atoms with van der Waals surface area (Å²) in [7, 11) is 1.63. The summed E-state index contributed by atoms with van der Waals surface area (Å²) in [6.07, 6.45) is 3.40. The molecule has 0 radical (unpaired) electrons. The molecule has 2 rings (SSSR count). The van der Waals surface area contributed by atoms with Crippen molar-refractivity contribution in [3.8, 4) is 0 Å². The Hall–Kier alpha value is -1.63. The molecule has 0 aliphatic carbocycles. The number of ether oxygens (including phenoxy) is 1. The van der Waals surface area contributed by atoms with E-state index in [0.29, 0.717) is 52.0 Å². The van der Waals surface area contributed by atoms with Gasteiger partial charge in [0.25, 0.3) is 0 Å². The second kappa shape index (κ2) is 9.90. The van der Waals surface area contributed by atoms with Gasteiger partial charge in [-0.25, -0.2) is 0 Å². The molecule has 148 valence electrons. The average molecular weight is 367 g/mol. The fourth-order valence-corrected chi connectivity index (χ4v) is 3.77. The number of hydrogen-bond acceptors (Lipinski definition) is 4. The van der Waals surface area contributed by atoms with Crippen molar-refractivity contribution in [1.82, 2.24) is 14.7 Å². The molecule has 2 aliphatic rings. The van der Waals surface area contributed by atoms with E-state index >= 15 is 0 Å². The topological polar surface area (TPSA) is 70.2 Å². The zero-order chi connectivity index (χ0) is 19.1. The molecule has 0 unspecified atom stereocenters. The maximum absolute atomic E-state index is 12.9. The van der Waals surface area contributed by atoms with Crippen molar-refractivity contribution in [2.45, 2.75) is 52.0 Å². The van der Waals surface area contributed by atoms with E-state index in [0.717, 1.165) is 19.4 Å². The summed E-state index contributed by atoms with van der Waals surface area (Å²) in [4.78, 5) is 42.3. The van der Waals surface area contributed by atoms with E-state index in [1.807, 2.05) is 23.6 Å². The van der Waals surface area contributed by atoms with Gasteiger partial charge < -0.3 is 19.4 Å². The molecule has 0 bridgehead atoms. The van der Waals surface area contributed by atoms with Gasteiger partial charge >= 0.3 is 0 Å². The SMILES string of the molecule is COCCN(C(=O)[C@@H]1CCC(=O)N(CCCN2CCCC2=O)C1)C(C)C. The van der Waals surface area contributed by atoms with Crippen LogP contribution in [0.25, 0.3) is 0 Å². The van der Waals surface area contributed by atoms with E-state index in [-0.39, 0.29) is 29.7 Å². The Morgan fingerprint density at radius 3 is 2.50 bits per heavy atom. The van der Waals surface area contributed by atoms with Gasteiger partial charge in [0.1, 0.15) is 0 Å². The van der Waals surface area contributed by atoms with Crippen molar-refractivity contribution in [1.29, 1.82) is 0 Å². The van der Waals surface area contributed by atoms with Gasteiger partial charge in [0.2, 0.25) is 17.7 Å². The lowest BCUT2D eigenvalue weighted by atomic mass is 9.95. The minimum Gasteiger partial charge on any atom is -0.383 e. The number of carbonyl (C=O) groups is 3. The fraction of sp³-hybridized carbons (Fsp3) is 0.842. The Labute approximate surface area is 156 Å². The van der Waals surface area contributed by atoms with Gasteiger partial charge in [0, 0.05) is 58.7 Å². The summed E-state index contributed by atoms with van der Waals surface area (Å²) >= 11 is 0. The van der Waals surface area contributed by atoms with Crippen LogP contribution in [0.15, 0.2) is 0 Å². The maximum Gasteiger partial charge on any atom is 0.227 e. The Balaban J connectivity index is 1.86. The number of nitrogens with zero attached hydrogens (tertiary/aromatic N) is 3. The van der Waals surface area contributed by atoms with E-state index in [1.165, 1.54) is 0 Å². The number of rotatable bonds is 9. The van der Waals surface area contributed by atoms with Gasteiger partial charge in [-0.15, -0.1) is 0 Å². The molecule has 0 spiro atoms. The highest BCUT2D eigenvalue weighted by Crippen LogP contribution is 2.21. The number of likely N-dealkylation sites (tertiary alicyclic amines) is 2. The monoisotopic (exact) mass is 367 g/mol. The van der Waals surface area contributed by atoms with Gasteiger partial charge in [-0.1, -0.05) is 0 Å². The first-order chi connectivity index (χ1) is 12.4. The number of amides is 3. The van der Waals surface area contributed by atoms with Crippen molar-refractivity contribution in [2.24, 2.45) is 5.92 Å². The maximum atomic E-state index is 12.9. The zero-order valence-electron chi connectivity index (χ0n) is 16.4. The molecule has 2 saturated heterocycles. The minimum absolute atomic E-state index is 0.115. The third-order valence-corrected chi connectivity index (χ3v) is 5.32. The van der Waals surface area contributed by atoms with E-state index in [4.69, 9.17) is 4.74 Å². The lowest BCUT2D eigenvalue weighted by molar-refractivity contribution is -0.144. The first kappa shape index (κ1) is 20.7. The molecule has 2 heterocycles. The first-order valence-electron chi connectivity index (χ1n) is 9.79. The molecule has 0 saturated carbocycles. The molecule has 0 aromatic heterocycles. The Bertz CT molecular complexity index is 509. The molecular weight excluding hydrogens is 334 g/mol. The molecule has 1 atom stereocenters. The third-order valence-electron chi connectivity index (χ3n) is 5.32. The highest BCUT2D eigenvalue weighted by Gasteiger charge is 2.33. The number of hydrogen-bond donors (Lipinski definition) is 0. The normalized spacial score (nSPS) is 21.0. The number of carbonyl (C=O) groups excluding carboxylic acids is 3. The van der Waals surface area contributed by atoms with Gasteiger partial charge in [-0.2, -0.15) is 0 Å². The van der Waals surface area contributed by atoms with Crippen LogP contribution in [0.1, 0.15) is 46.0 Å². The van der Waals surface area contributed by atoms with Crippen LogP contribution in [0.2, 0.25) is 0 Å². The lowest BCUT2D eigenvalue weighted by Crippen LogP contribution is -2.50. The largest absolute Gasteiger partial charge is 0.383 e. The molecule has 0 aromatic rings. The number of piperidine rings is 1. The third kappa shape index (κ3) is 5.43. The van der Waals surface area contributed by atoms with E-state index < -0.39 is 0 Å². The van der Waals surface area contributed by atoms with Gasteiger partial charge in [-0.3, -0.25) is 14.4 Å². The quantitative estimate of drug-likeness (QED) is 0.612. The Morgan fingerprint density at radius 2 is 1.88 bits per heavy atom. The van der Waals surface area contributed by atoms with Crippen LogP contribution in [-0.2, 0) is 19.1 Å². The zero-order valence-corrected chi connectivity index (χ0v) is 16.4. The minimum atomic E-state index is -0.139. The predicted octanol–water partition coefficient (Wildman–Crippen LogP) is 1.12. The summed E-state index contributed by atoms with van der Waals surface area (Å²) in [5.41, 5.74) is 0. The second-order valence-corrected chi connectivity index (χ2v) is 7.53. The summed E-state index contributed by atoms with van der Waals surface area (Å²) in [5, 5.41) is 0. The Morgan fingerprint density at radius 1 is 1.19 bits per heavy atom. The highest BCUT2D eigenvalue weighted by atomic mass is 16.5. The molecular formula is C19H33N3O4. The van der Waals surface area contributed by atoms with Crippen LogP contribution in [0.3, 0.4) is 0 Å². The fourth-order valence-electron chi connectivity index (χ4n) is 3.77. The molecule has 26 heavy (non-hydrogen) atoms. The van der Waals surface area contributed by atoms with Crippen LogP contribution in [0.4, 0.5) is 0 Å². The van der Waals surface area contributed by atoms with Crippen molar-refractivity contribution < 1.29 is 19.1 Å². The lowest BCUT2D eigenvalue weighted by Gasteiger charge is -2.36. The first-order valence-corrected chi connectivity index (χ1v) is 9.79. The molecule has 0 aromatic carbocycles. The van der Waals surface area contributed by atoms with Gasteiger partial charge in [-0.05, 0) is 33.1 Å². The van der Waals surface area contributed by atoms with Crippen molar-refractivity contribution in [3.63, 3.8) is 0 Å². The van der Waals surface area contributed by atoms with Crippen LogP contribution < -0.4 is 0 Å². The molecule has 3 amide bonds. The predicted molar refractivity (Wildman–Crippen MR) is 98.5 cm³/mol. The smallest absolute Gasteiger partial charge is 0.227 e. The van der Waals surface area contributed by atoms with E-state index in [1.54, 1.807) is 12.0 Å². The standard InChI is InChI=1S/C19H33N3O4/c1-15(2)22(12-13-26-3)19(25)16-7-8-18(24)21(14-16)11-5-10-20-9-4-6-17(20)23/h15-16H,4-14H2,1-3H3/t16-/m1/s1. The summed E-state index contributed by atoms with van der Waals surface area (Å²) < 4.78 is 5.12. The Kier molecular flexibility index (Phi) is 7.87.